The van der Waals surface area contributed by atoms with Crippen molar-refractivity contribution in [3.8, 4) is 5.75 Å². The molecule has 138 valence electrons. The molecule has 1 heterocycles. The van der Waals surface area contributed by atoms with Gasteiger partial charge in [0, 0.05) is 9.35 Å². The topological polar surface area (TPSA) is 64.6 Å². The van der Waals surface area contributed by atoms with Gasteiger partial charge in [0.1, 0.15) is 10.8 Å². The normalized spacial score (nSPS) is 12.6. The van der Waals surface area contributed by atoms with Gasteiger partial charge in [-0.3, -0.25) is 4.79 Å². The van der Waals surface area contributed by atoms with Gasteiger partial charge in [0.05, 0.1) is 16.6 Å². The van der Waals surface area contributed by atoms with Gasteiger partial charge in [0.25, 0.3) is 5.91 Å². The number of nitrogens with one attached hydrogen (secondary N) is 1. The average molecular weight is 503 g/mol. The molecule has 1 aromatic heterocycles. The summed E-state index contributed by atoms with van der Waals surface area (Å²) in [7, 11) is 0. The first-order valence-electron chi connectivity index (χ1n) is 8.19. The Balaban J connectivity index is 1.70. The Kier molecular flexibility index (Phi) is 6.37. The fourth-order valence-corrected chi connectivity index (χ4v) is 5.26. The van der Waals surface area contributed by atoms with Gasteiger partial charge in [-0.15, -0.1) is 11.3 Å². The number of hydrogen-bond acceptors (Lipinski definition) is 5. The van der Waals surface area contributed by atoms with E-state index in [4.69, 9.17) is 9.47 Å². The minimum atomic E-state index is -0.376. The highest BCUT2D eigenvalue weighted by Crippen LogP contribution is 2.39. The lowest BCUT2D eigenvalue weighted by Crippen LogP contribution is -2.21. The summed E-state index contributed by atoms with van der Waals surface area (Å²) < 4.78 is 12.4. The van der Waals surface area contributed by atoms with Crippen LogP contribution in [-0.4, -0.2) is 25.1 Å². The fraction of sp³-hybridized carbons (Fsp3) is 0.333. The van der Waals surface area contributed by atoms with Crippen LogP contribution >= 0.6 is 43.2 Å². The second-order valence-corrected chi connectivity index (χ2v) is 8.57. The first-order chi connectivity index (χ1) is 12.5. The van der Waals surface area contributed by atoms with Gasteiger partial charge in [-0.25, -0.2) is 4.79 Å². The van der Waals surface area contributed by atoms with E-state index in [9.17, 15) is 9.59 Å². The zero-order valence-electron chi connectivity index (χ0n) is 14.1. The number of rotatable bonds is 6. The fourth-order valence-electron chi connectivity index (χ4n) is 2.81. The molecule has 0 radical (unpaired) electrons. The van der Waals surface area contributed by atoms with Crippen LogP contribution in [0.1, 0.15) is 34.1 Å². The second-order valence-electron chi connectivity index (χ2n) is 5.69. The minimum absolute atomic E-state index is 0.148. The van der Waals surface area contributed by atoms with Crippen molar-refractivity contribution < 1.29 is 19.1 Å². The number of hydrogen-bond donors (Lipinski definition) is 1. The molecule has 0 fully saturated rings. The number of carbonyl (C=O) groups is 2. The molecule has 0 bridgehead atoms. The van der Waals surface area contributed by atoms with Crippen LogP contribution in [0.15, 0.2) is 27.1 Å². The molecule has 0 unspecified atom stereocenters. The molecule has 0 spiro atoms. The maximum atomic E-state index is 12.3. The Bertz CT molecular complexity index is 850. The van der Waals surface area contributed by atoms with E-state index in [0.717, 1.165) is 38.6 Å². The number of thiophene rings is 1. The molecule has 1 amide bonds. The molecule has 1 aliphatic carbocycles. The number of ether oxygens (including phenoxy) is 2. The molecule has 3 rings (SSSR count). The van der Waals surface area contributed by atoms with E-state index >= 15 is 0 Å². The van der Waals surface area contributed by atoms with Crippen molar-refractivity contribution in [2.24, 2.45) is 0 Å². The molecule has 8 heteroatoms. The van der Waals surface area contributed by atoms with Gasteiger partial charge in [0.2, 0.25) is 0 Å². The summed E-state index contributed by atoms with van der Waals surface area (Å²) in [4.78, 5) is 25.8. The number of fused-ring (bicyclic) bond motifs is 1. The van der Waals surface area contributed by atoms with Crippen LogP contribution in [0.3, 0.4) is 0 Å². The third-order valence-electron chi connectivity index (χ3n) is 3.91. The van der Waals surface area contributed by atoms with E-state index in [1.54, 1.807) is 13.0 Å². The largest absolute Gasteiger partial charge is 0.483 e. The lowest BCUT2D eigenvalue weighted by atomic mass is 10.1. The van der Waals surface area contributed by atoms with E-state index in [1.165, 1.54) is 11.3 Å². The monoisotopic (exact) mass is 501 g/mol. The predicted octanol–water partition coefficient (Wildman–Crippen LogP) is 4.96. The van der Waals surface area contributed by atoms with Gasteiger partial charge in [-0.1, -0.05) is 15.9 Å². The maximum Gasteiger partial charge on any atom is 0.341 e. The van der Waals surface area contributed by atoms with Gasteiger partial charge >= 0.3 is 5.97 Å². The first kappa shape index (κ1) is 19.4. The predicted molar refractivity (Wildman–Crippen MR) is 108 cm³/mol. The van der Waals surface area contributed by atoms with Crippen molar-refractivity contribution in [1.82, 2.24) is 0 Å². The van der Waals surface area contributed by atoms with Crippen LogP contribution in [0.2, 0.25) is 0 Å². The van der Waals surface area contributed by atoms with E-state index < -0.39 is 0 Å². The summed E-state index contributed by atoms with van der Waals surface area (Å²) >= 11 is 8.22. The summed E-state index contributed by atoms with van der Waals surface area (Å²) in [5, 5.41) is 3.36. The van der Waals surface area contributed by atoms with Crippen molar-refractivity contribution in [3.63, 3.8) is 0 Å². The molecule has 1 aromatic carbocycles. The summed E-state index contributed by atoms with van der Waals surface area (Å²) in [6.45, 7) is 1.93. The van der Waals surface area contributed by atoms with Crippen LogP contribution in [-0.2, 0) is 22.4 Å². The number of anilines is 1. The number of benzene rings is 1. The van der Waals surface area contributed by atoms with Crippen molar-refractivity contribution in [2.75, 3.05) is 18.5 Å². The van der Waals surface area contributed by atoms with Gasteiger partial charge in [0.15, 0.2) is 6.61 Å². The summed E-state index contributed by atoms with van der Waals surface area (Å²) in [6.07, 6.45) is 2.81. The Morgan fingerprint density at radius 2 is 2.08 bits per heavy atom. The maximum absolute atomic E-state index is 12.3. The summed E-state index contributed by atoms with van der Waals surface area (Å²) in [6, 6.07) is 5.45. The van der Waals surface area contributed by atoms with Gasteiger partial charge in [-0.05, 0) is 65.9 Å². The number of amides is 1. The molecule has 1 N–H and O–H groups in total. The Hall–Kier alpha value is -1.38. The average Bonchev–Trinajstić information content (AvgIpc) is 3.14. The van der Waals surface area contributed by atoms with Crippen LogP contribution < -0.4 is 10.1 Å². The number of aryl methyl sites for hydroxylation is 1. The molecule has 5 nitrogen and oxygen atoms in total. The number of esters is 1. The molecule has 0 atom stereocenters. The van der Waals surface area contributed by atoms with Crippen molar-refractivity contribution in [2.45, 2.75) is 26.2 Å². The van der Waals surface area contributed by atoms with E-state index in [1.807, 2.05) is 12.1 Å². The number of carbonyl (C=O) groups excluding carboxylic acids is 2. The Labute approximate surface area is 172 Å². The van der Waals surface area contributed by atoms with Gasteiger partial charge < -0.3 is 14.8 Å². The van der Waals surface area contributed by atoms with Crippen LogP contribution in [0.5, 0.6) is 5.75 Å². The zero-order chi connectivity index (χ0) is 18.7. The van der Waals surface area contributed by atoms with Crippen LogP contribution in [0.4, 0.5) is 5.00 Å². The smallest absolute Gasteiger partial charge is 0.341 e. The Morgan fingerprint density at radius 1 is 1.27 bits per heavy atom. The van der Waals surface area contributed by atoms with Crippen molar-refractivity contribution >= 4 is 60.1 Å². The highest BCUT2D eigenvalue weighted by molar-refractivity contribution is 9.11. The second kappa shape index (κ2) is 8.54. The SMILES string of the molecule is CCOC(=O)c1c(NC(=O)COc2ccc(Br)cc2Br)sc2c1CCC2. The summed E-state index contributed by atoms with van der Waals surface area (Å²) in [5.74, 6) is -0.119. The molecule has 26 heavy (non-hydrogen) atoms. The lowest BCUT2D eigenvalue weighted by molar-refractivity contribution is -0.118. The highest BCUT2D eigenvalue weighted by atomic mass is 79.9. The van der Waals surface area contributed by atoms with Crippen molar-refractivity contribution in [1.29, 1.82) is 0 Å². The molecule has 1 aliphatic rings. The van der Waals surface area contributed by atoms with E-state index in [2.05, 4.69) is 37.2 Å². The quantitative estimate of drug-likeness (QED) is 0.567. The van der Waals surface area contributed by atoms with Gasteiger partial charge in [-0.2, -0.15) is 0 Å². The first-order valence-corrected chi connectivity index (χ1v) is 10.6. The molecular formula is C18H17Br2NO4S. The molecule has 0 saturated carbocycles. The van der Waals surface area contributed by atoms with E-state index in [-0.39, 0.29) is 18.5 Å². The minimum Gasteiger partial charge on any atom is -0.483 e. The van der Waals surface area contributed by atoms with Crippen LogP contribution in [0.25, 0.3) is 0 Å². The Morgan fingerprint density at radius 3 is 2.81 bits per heavy atom. The van der Waals surface area contributed by atoms with E-state index in [0.29, 0.717) is 22.9 Å². The third kappa shape index (κ3) is 4.29. The summed E-state index contributed by atoms with van der Waals surface area (Å²) in [5.41, 5.74) is 1.52. The van der Waals surface area contributed by atoms with Crippen molar-refractivity contribution in [3.05, 3.63) is 43.1 Å². The molecule has 2 aromatic rings. The van der Waals surface area contributed by atoms with Crippen LogP contribution in [0, 0.1) is 0 Å². The third-order valence-corrected chi connectivity index (χ3v) is 6.23. The zero-order valence-corrected chi connectivity index (χ0v) is 18.1. The number of halogens is 2. The molecule has 0 aliphatic heterocycles. The lowest BCUT2D eigenvalue weighted by Gasteiger charge is -2.10. The molecule has 0 saturated heterocycles. The molecular weight excluding hydrogens is 486 g/mol. The standard InChI is InChI=1S/C18H17Br2NO4S/c1-2-24-18(23)16-11-4-3-5-14(11)26-17(16)21-15(22)9-25-13-7-6-10(19)8-12(13)20/h6-8H,2-5,9H2,1H3,(H,21,22). The highest BCUT2D eigenvalue weighted by Gasteiger charge is 2.28.